The van der Waals surface area contributed by atoms with Gasteiger partial charge in [-0.1, -0.05) is 29.8 Å². The highest BCUT2D eigenvalue weighted by Crippen LogP contribution is 2.37. The molecule has 1 aliphatic rings. The molecule has 0 fully saturated rings. The SMILES string of the molecule is CCN1C(=O)/C(=N/N=C\c2cc(Cl)c(OC(F)F)c(OC)c2)c2ccccc21. The van der Waals surface area contributed by atoms with Crippen LogP contribution in [0, 0.1) is 0 Å². The van der Waals surface area contributed by atoms with Crippen LogP contribution in [0.3, 0.4) is 0 Å². The number of benzene rings is 2. The summed E-state index contributed by atoms with van der Waals surface area (Å²) in [4.78, 5) is 14.1. The van der Waals surface area contributed by atoms with E-state index in [2.05, 4.69) is 14.9 Å². The number of hydrogen-bond donors (Lipinski definition) is 0. The minimum absolute atomic E-state index is 0.0290. The Morgan fingerprint density at radius 1 is 1.29 bits per heavy atom. The highest BCUT2D eigenvalue weighted by molar-refractivity contribution is 6.54. The molecule has 0 unspecified atom stereocenters. The van der Waals surface area contributed by atoms with Crippen molar-refractivity contribution in [1.82, 2.24) is 0 Å². The number of alkyl halides is 2. The zero-order valence-corrected chi connectivity index (χ0v) is 15.8. The fraction of sp³-hybridized carbons (Fsp3) is 0.211. The van der Waals surface area contributed by atoms with E-state index in [1.54, 1.807) is 11.0 Å². The van der Waals surface area contributed by atoms with E-state index in [1.165, 1.54) is 25.5 Å². The van der Waals surface area contributed by atoms with Crippen LogP contribution in [0.4, 0.5) is 14.5 Å². The van der Waals surface area contributed by atoms with Crippen LogP contribution in [0.5, 0.6) is 11.5 Å². The molecular formula is C19H16ClF2N3O3. The minimum Gasteiger partial charge on any atom is -0.493 e. The maximum atomic E-state index is 12.5. The van der Waals surface area contributed by atoms with Crippen molar-refractivity contribution >= 4 is 35.1 Å². The Kier molecular flexibility index (Phi) is 5.89. The van der Waals surface area contributed by atoms with Gasteiger partial charge in [-0.05, 0) is 25.1 Å². The fourth-order valence-corrected chi connectivity index (χ4v) is 3.11. The molecule has 2 aromatic rings. The molecule has 28 heavy (non-hydrogen) atoms. The summed E-state index contributed by atoms with van der Waals surface area (Å²) in [5.74, 6) is -0.473. The van der Waals surface area contributed by atoms with Gasteiger partial charge in [-0.25, -0.2) is 0 Å². The molecule has 2 aromatic carbocycles. The zero-order valence-electron chi connectivity index (χ0n) is 15.0. The lowest BCUT2D eigenvalue weighted by Gasteiger charge is -2.12. The predicted molar refractivity (Wildman–Crippen MR) is 103 cm³/mol. The van der Waals surface area contributed by atoms with E-state index in [-0.39, 0.29) is 28.1 Å². The van der Waals surface area contributed by atoms with Crippen molar-refractivity contribution < 1.29 is 23.0 Å². The summed E-state index contributed by atoms with van der Waals surface area (Å²) in [6.07, 6.45) is 1.35. The van der Waals surface area contributed by atoms with Crippen LogP contribution in [0.25, 0.3) is 0 Å². The summed E-state index contributed by atoms with van der Waals surface area (Å²) in [7, 11) is 1.30. The van der Waals surface area contributed by atoms with Gasteiger partial charge in [-0.15, -0.1) is 5.10 Å². The topological polar surface area (TPSA) is 63.5 Å². The fourth-order valence-electron chi connectivity index (χ4n) is 2.84. The molecular weight excluding hydrogens is 392 g/mol. The predicted octanol–water partition coefficient (Wildman–Crippen LogP) is 4.14. The molecule has 0 saturated heterocycles. The van der Waals surface area contributed by atoms with Gasteiger partial charge < -0.3 is 14.4 Å². The Bertz CT molecular complexity index is 963. The van der Waals surface area contributed by atoms with E-state index in [9.17, 15) is 13.6 Å². The number of fused-ring (bicyclic) bond motifs is 1. The molecule has 0 saturated carbocycles. The third-order valence-electron chi connectivity index (χ3n) is 4.04. The molecule has 9 heteroatoms. The van der Waals surface area contributed by atoms with Crippen LogP contribution in [-0.2, 0) is 4.79 Å². The van der Waals surface area contributed by atoms with Crippen LogP contribution in [0.15, 0.2) is 46.6 Å². The van der Waals surface area contributed by atoms with E-state index in [1.807, 2.05) is 25.1 Å². The van der Waals surface area contributed by atoms with Crippen molar-refractivity contribution in [3.05, 3.63) is 52.5 Å². The number of hydrogen-bond acceptors (Lipinski definition) is 5. The molecule has 1 amide bonds. The molecule has 0 spiro atoms. The number of ether oxygens (including phenoxy) is 2. The van der Waals surface area contributed by atoms with Crippen molar-refractivity contribution in [2.24, 2.45) is 10.2 Å². The van der Waals surface area contributed by atoms with E-state index < -0.39 is 6.61 Å². The van der Waals surface area contributed by atoms with Gasteiger partial charge in [0.2, 0.25) is 0 Å². The number of carbonyl (C=O) groups is 1. The van der Waals surface area contributed by atoms with Crippen molar-refractivity contribution in [3.63, 3.8) is 0 Å². The Balaban J connectivity index is 1.91. The number of para-hydroxylation sites is 1. The summed E-state index contributed by atoms with van der Waals surface area (Å²) >= 11 is 5.99. The van der Waals surface area contributed by atoms with Gasteiger partial charge in [0.05, 0.1) is 24.0 Å². The number of nitrogens with zero attached hydrogens (tertiary/aromatic N) is 3. The lowest BCUT2D eigenvalue weighted by atomic mass is 10.1. The van der Waals surface area contributed by atoms with E-state index in [4.69, 9.17) is 16.3 Å². The summed E-state index contributed by atoms with van der Waals surface area (Å²) in [6, 6.07) is 10.1. The largest absolute Gasteiger partial charge is 0.493 e. The van der Waals surface area contributed by atoms with Crippen molar-refractivity contribution in [3.8, 4) is 11.5 Å². The zero-order chi connectivity index (χ0) is 20.3. The second-order valence-electron chi connectivity index (χ2n) is 5.67. The minimum atomic E-state index is -3.03. The van der Waals surface area contributed by atoms with Crippen molar-refractivity contribution in [1.29, 1.82) is 0 Å². The molecule has 0 aliphatic carbocycles. The Morgan fingerprint density at radius 3 is 2.71 bits per heavy atom. The van der Waals surface area contributed by atoms with Gasteiger partial charge in [-0.3, -0.25) is 4.79 Å². The van der Waals surface area contributed by atoms with Crippen molar-refractivity contribution in [2.75, 3.05) is 18.6 Å². The van der Waals surface area contributed by atoms with E-state index >= 15 is 0 Å². The van der Waals surface area contributed by atoms with Crippen LogP contribution >= 0.6 is 11.6 Å². The molecule has 0 radical (unpaired) electrons. The highest BCUT2D eigenvalue weighted by Gasteiger charge is 2.32. The Labute approximate surface area is 165 Å². The lowest BCUT2D eigenvalue weighted by Crippen LogP contribution is -2.29. The van der Waals surface area contributed by atoms with Gasteiger partial charge in [0.25, 0.3) is 5.91 Å². The molecule has 1 heterocycles. The van der Waals surface area contributed by atoms with Gasteiger partial charge in [0.15, 0.2) is 17.2 Å². The maximum absolute atomic E-state index is 12.5. The Morgan fingerprint density at radius 2 is 2.04 bits per heavy atom. The van der Waals surface area contributed by atoms with E-state index in [0.29, 0.717) is 17.7 Å². The number of carbonyl (C=O) groups excluding carboxylic acids is 1. The molecule has 146 valence electrons. The smallest absolute Gasteiger partial charge is 0.387 e. The van der Waals surface area contributed by atoms with Crippen LogP contribution in [-0.4, -0.2) is 38.1 Å². The third-order valence-corrected chi connectivity index (χ3v) is 4.32. The number of anilines is 1. The average molecular weight is 408 g/mol. The van der Waals surface area contributed by atoms with Crippen molar-refractivity contribution in [2.45, 2.75) is 13.5 Å². The second kappa shape index (κ2) is 8.35. The highest BCUT2D eigenvalue weighted by atomic mass is 35.5. The number of methoxy groups -OCH3 is 1. The first-order valence-electron chi connectivity index (χ1n) is 8.30. The van der Waals surface area contributed by atoms with Gasteiger partial charge in [0.1, 0.15) is 0 Å². The number of rotatable bonds is 6. The second-order valence-corrected chi connectivity index (χ2v) is 6.08. The molecule has 0 bridgehead atoms. The summed E-state index contributed by atoms with van der Waals surface area (Å²) in [5, 5.41) is 7.95. The molecule has 0 N–H and O–H groups in total. The summed E-state index contributed by atoms with van der Waals surface area (Å²) in [6.45, 7) is -0.651. The maximum Gasteiger partial charge on any atom is 0.387 e. The average Bonchev–Trinajstić information content (AvgIpc) is 2.94. The molecule has 0 aromatic heterocycles. The molecule has 1 aliphatic heterocycles. The quantitative estimate of drug-likeness (QED) is 0.534. The summed E-state index contributed by atoms with van der Waals surface area (Å²) < 4.78 is 34.4. The van der Waals surface area contributed by atoms with Gasteiger partial charge in [-0.2, -0.15) is 13.9 Å². The third kappa shape index (κ3) is 3.82. The molecule has 6 nitrogen and oxygen atoms in total. The monoisotopic (exact) mass is 407 g/mol. The molecule has 3 rings (SSSR count). The number of halogens is 3. The number of likely N-dealkylation sites (N-methyl/N-ethyl adjacent to an activating group) is 1. The first-order chi connectivity index (χ1) is 13.5. The van der Waals surface area contributed by atoms with Crippen LogP contribution < -0.4 is 14.4 Å². The Hall–Kier alpha value is -3.00. The molecule has 0 atom stereocenters. The van der Waals surface area contributed by atoms with E-state index in [0.717, 1.165) is 5.69 Å². The first-order valence-corrected chi connectivity index (χ1v) is 8.68. The van der Waals surface area contributed by atoms with Gasteiger partial charge >= 0.3 is 6.61 Å². The lowest BCUT2D eigenvalue weighted by molar-refractivity contribution is -0.112. The standard InChI is InChI=1S/C19H16ClF2N3O3/c1-3-25-14-7-5-4-6-12(14)16(18(25)26)24-23-10-11-8-13(20)17(28-19(21)22)15(9-11)27-2/h4-10,19H,3H2,1-2H3/b23-10-,24-16+. The summed E-state index contributed by atoms with van der Waals surface area (Å²) in [5.41, 5.74) is 2.15. The first kappa shape index (κ1) is 19.8. The van der Waals surface area contributed by atoms with Crippen LogP contribution in [0.1, 0.15) is 18.1 Å². The normalized spacial score (nSPS) is 15.0. The van der Waals surface area contributed by atoms with Gasteiger partial charge in [0, 0.05) is 17.7 Å². The van der Waals surface area contributed by atoms with Crippen LogP contribution in [0.2, 0.25) is 5.02 Å². The number of amides is 1.